The van der Waals surface area contributed by atoms with E-state index in [9.17, 15) is 14.4 Å². The number of nitrogens with zero attached hydrogens (tertiary/aromatic N) is 3. The Bertz CT molecular complexity index is 1370. The molecule has 1 saturated heterocycles. The second-order valence-corrected chi connectivity index (χ2v) is 8.96. The van der Waals surface area contributed by atoms with Crippen LogP contribution >= 0.6 is 11.6 Å². The lowest BCUT2D eigenvalue weighted by atomic mass is 9.98. The lowest BCUT2D eigenvalue weighted by Gasteiger charge is -2.26. The van der Waals surface area contributed by atoms with Crippen molar-refractivity contribution in [2.75, 3.05) is 38.7 Å². The number of nitrogens with one attached hydrogen (secondary N) is 1. The van der Waals surface area contributed by atoms with Crippen molar-refractivity contribution >= 4 is 34.9 Å². The van der Waals surface area contributed by atoms with E-state index in [-0.39, 0.29) is 12.3 Å². The van der Waals surface area contributed by atoms with Crippen LogP contribution < -0.4 is 10.1 Å². The van der Waals surface area contributed by atoms with E-state index in [1.807, 2.05) is 6.07 Å². The first-order chi connectivity index (χ1) is 18.4. The lowest BCUT2D eigenvalue weighted by molar-refractivity contribution is -0.130. The quantitative estimate of drug-likeness (QED) is 0.254. The second-order valence-electron chi connectivity index (χ2n) is 8.55. The number of halogens is 1. The number of aromatic nitrogens is 2. The zero-order chi connectivity index (χ0) is 27.1. The molecule has 1 aliphatic rings. The highest BCUT2D eigenvalue weighted by Gasteiger charge is 2.26. The zero-order valence-corrected chi connectivity index (χ0v) is 21.7. The molecule has 1 N–H and O–H groups in total. The molecule has 0 atom stereocenters. The first kappa shape index (κ1) is 27.0. The van der Waals surface area contributed by atoms with Gasteiger partial charge in [0.2, 0.25) is 5.91 Å². The van der Waals surface area contributed by atoms with Gasteiger partial charge in [0, 0.05) is 37.7 Å². The summed E-state index contributed by atoms with van der Waals surface area (Å²) in [6.45, 7) is 5.07. The summed E-state index contributed by atoms with van der Waals surface area (Å²) in [4.78, 5) is 48.2. The van der Waals surface area contributed by atoms with Crippen molar-refractivity contribution in [2.24, 2.45) is 0 Å². The fraction of sp³-hybridized carbons (Fsp3) is 0.250. The number of ketones is 1. The maximum Gasteiger partial charge on any atom is 0.295 e. The highest BCUT2D eigenvalue weighted by atomic mass is 35.5. The third-order valence-corrected chi connectivity index (χ3v) is 6.36. The van der Waals surface area contributed by atoms with Crippen molar-refractivity contribution in [3.63, 3.8) is 0 Å². The van der Waals surface area contributed by atoms with Crippen LogP contribution in [0.4, 0.5) is 5.69 Å². The molecule has 1 fully saturated rings. The molecule has 0 saturated carbocycles. The number of hydrogen-bond acceptors (Lipinski definition) is 7. The number of carbonyl (C=O) groups excluding carboxylic acids is 3. The Morgan fingerprint density at radius 2 is 1.92 bits per heavy atom. The largest absolute Gasteiger partial charge is 0.495 e. The monoisotopic (exact) mass is 534 g/mol. The van der Waals surface area contributed by atoms with Crippen LogP contribution in [0.2, 0.25) is 5.02 Å². The van der Waals surface area contributed by atoms with E-state index in [1.165, 1.54) is 24.3 Å². The standard InChI is InChI=1S/C28H27ClN4O5/c1-3-26(34)32-23-14-18(8-9-24(23)37-2)15-25-30-17-21(29)22(31-25)16-19-6-4-5-7-20(19)27(35)28(36)33-10-12-38-13-11-33/h3-9,14,17H,1,10-13,15-16H2,2H3,(H,32,34). The molecule has 0 bridgehead atoms. The zero-order valence-electron chi connectivity index (χ0n) is 20.9. The van der Waals surface area contributed by atoms with Crippen LogP contribution in [0.3, 0.4) is 0 Å². The molecule has 2 heterocycles. The summed E-state index contributed by atoms with van der Waals surface area (Å²) in [5.41, 5.74) is 2.83. The van der Waals surface area contributed by atoms with E-state index in [4.69, 9.17) is 21.1 Å². The molecule has 0 radical (unpaired) electrons. The molecule has 10 heteroatoms. The maximum atomic E-state index is 13.1. The molecular formula is C28H27ClN4O5. The van der Waals surface area contributed by atoms with Crippen molar-refractivity contribution < 1.29 is 23.9 Å². The van der Waals surface area contributed by atoms with Crippen LogP contribution in [0.1, 0.15) is 33.0 Å². The predicted molar refractivity (Wildman–Crippen MR) is 143 cm³/mol. The average Bonchev–Trinajstić information content (AvgIpc) is 2.95. The minimum Gasteiger partial charge on any atom is -0.495 e. The van der Waals surface area contributed by atoms with Crippen molar-refractivity contribution in [2.45, 2.75) is 12.8 Å². The maximum absolute atomic E-state index is 13.1. The number of amides is 2. The second kappa shape index (κ2) is 12.4. The number of hydrogen-bond donors (Lipinski definition) is 1. The van der Waals surface area contributed by atoms with Crippen LogP contribution in [-0.2, 0) is 27.2 Å². The van der Waals surface area contributed by atoms with Crippen LogP contribution in [-0.4, -0.2) is 65.9 Å². The van der Waals surface area contributed by atoms with Gasteiger partial charge in [-0.2, -0.15) is 0 Å². The van der Waals surface area contributed by atoms with E-state index in [1.54, 1.807) is 36.4 Å². The summed E-state index contributed by atoms with van der Waals surface area (Å²) < 4.78 is 10.6. The number of anilines is 1. The molecule has 2 aromatic carbocycles. The number of morpholine rings is 1. The number of methoxy groups -OCH3 is 1. The van der Waals surface area contributed by atoms with Gasteiger partial charge < -0.3 is 19.7 Å². The van der Waals surface area contributed by atoms with Gasteiger partial charge in [0.05, 0.1) is 36.7 Å². The van der Waals surface area contributed by atoms with Gasteiger partial charge in [-0.1, -0.05) is 48.5 Å². The third kappa shape index (κ3) is 6.42. The van der Waals surface area contributed by atoms with Crippen LogP contribution in [0, 0.1) is 0 Å². The van der Waals surface area contributed by atoms with Crippen molar-refractivity contribution in [3.05, 3.63) is 94.5 Å². The smallest absolute Gasteiger partial charge is 0.295 e. The number of rotatable bonds is 9. The third-order valence-electron chi connectivity index (χ3n) is 6.05. The van der Waals surface area contributed by atoms with Gasteiger partial charge in [-0.15, -0.1) is 0 Å². The number of carbonyl (C=O) groups is 3. The number of benzene rings is 2. The Hall–Kier alpha value is -4.08. The van der Waals surface area contributed by atoms with Crippen molar-refractivity contribution in [3.8, 4) is 5.75 Å². The Kier molecular flexibility index (Phi) is 8.83. The van der Waals surface area contributed by atoms with Crippen molar-refractivity contribution in [1.29, 1.82) is 0 Å². The molecule has 0 unspecified atom stereocenters. The summed E-state index contributed by atoms with van der Waals surface area (Å²) in [7, 11) is 1.52. The Labute approximate surface area is 225 Å². The average molecular weight is 535 g/mol. The molecule has 196 valence electrons. The molecular weight excluding hydrogens is 508 g/mol. The summed E-state index contributed by atoms with van der Waals surface area (Å²) in [6, 6.07) is 12.3. The first-order valence-corrected chi connectivity index (χ1v) is 12.4. The molecule has 2 amide bonds. The van der Waals surface area contributed by atoms with Crippen LogP contribution in [0.25, 0.3) is 0 Å². The van der Waals surface area contributed by atoms with Gasteiger partial charge in [0.25, 0.3) is 11.7 Å². The molecule has 38 heavy (non-hydrogen) atoms. The Morgan fingerprint density at radius 3 is 2.66 bits per heavy atom. The first-order valence-electron chi connectivity index (χ1n) is 12.0. The predicted octanol–water partition coefficient (Wildman–Crippen LogP) is 3.49. The van der Waals surface area contributed by atoms with E-state index in [0.717, 1.165) is 5.56 Å². The van der Waals surface area contributed by atoms with E-state index in [2.05, 4.69) is 21.9 Å². The van der Waals surface area contributed by atoms with Gasteiger partial charge in [-0.3, -0.25) is 14.4 Å². The van der Waals surface area contributed by atoms with Crippen LogP contribution in [0.5, 0.6) is 5.75 Å². The Morgan fingerprint density at radius 1 is 1.16 bits per heavy atom. The molecule has 3 aromatic rings. The van der Waals surface area contributed by atoms with Gasteiger partial charge in [0.1, 0.15) is 11.6 Å². The highest BCUT2D eigenvalue weighted by molar-refractivity contribution is 6.43. The highest BCUT2D eigenvalue weighted by Crippen LogP contribution is 2.27. The van der Waals surface area contributed by atoms with Gasteiger partial charge >= 0.3 is 0 Å². The number of Topliss-reactive ketones (excluding diaryl/α,β-unsaturated/α-hetero) is 1. The molecule has 4 rings (SSSR count). The molecule has 9 nitrogen and oxygen atoms in total. The van der Waals surface area contributed by atoms with E-state index in [0.29, 0.717) is 71.8 Å². The summed E-state index contributed by atoms with van der Waals surface area (Å²) in [5.74, 6) is -0.460. The molecule has 1 aromatic heterocycles. The van der Waals surface area contributed by atoms with E-state index >= 15 is 0 Å². The van der Waals surface area contributed by atoms with Gasteiger partial charge in [-0.05, 0) is 29.3 Å². The summed E-state index contributed by atoms with van der Waals surface area (Å²) in [5, 5.41) is 3.08. The summed E-state index contributed by atoms with van der Waals surface area (Å²) in [6.07, 6.45) is 3.31. The molecule has 1 aliphatic heterocycles. The van der Waals surface area contributed by atoms with Crippen molar-refractivity contribution in [1.82, 2.24) is 14.9 Å². The summed E-state index contributed by atoms with van der Waals surface area (Å²) >= 11 is 6.43. The number of ether oxygens (including phenoxy) is 2. The van der Waals surface area contributed by atoms with Crippen LogP contribution in [0.15, 0.2) is 61.3 Å². The Balaban J connectivity index is 1.56. The van der Waals surface area contributed by atoms with Gasteiger partial charge in [0.15, 0.2) is 0 Å². The minimum absolute atomic E-state index is 0.246. The molecule has 0 aliphatic carbocycles. The lowest BCUT2D eigenvalue weighted by Crippen LogP contribution is -2.44. The van der Waals surface area contributed by atoms with E-state index < -0.39 is 11.7 Å². The normalized spacial score (nSPS) is 13.1. The SMILES string of the molecule is C=CC(=O)Nc1cc(Cc2ncc(Cl)c(Cc3ccccc3C(=O)C(=O)N3CCOCC3)n2)ccc1OC. The fourth-order valence-electron chi connectivity index (χ4n) is 4.08. The molecule has 0 spiro atoms. The minimum atomic E-state index is -0.569. The van der Waals surface area contributed by atoms with Gasteiger partial charge in [-0.25, -0.2) is 9.97 Å². The topological polar surface area (TPSA) is 111 Å². The fourth-order valence-corrected chi connectivity index (χ4v) is 4.24.